The van der Waals surface area contributed by atoms with Crippen LogP contribution in [0.3, 0.4) is 0 Å². The van der Waals surface area contributed by atoms with Gasteiger partial charge in [-0.15, -0.1) is 0 Å². The van der Waals surface area contributed by atoms with E-state index in [0.29, 0.717) is 17.9 Å². The predicted octanol–water partition coefficient (Wildman–Crippen LogP) is 1.65. The molecule has 0 bridgehead atoms. The minimum Gasteiger partial charge on any atom is -0.366 e. The molecule has 2 rings (SSSR count). The summed E-state index contributed by atoms with van der Waals surface area (Å²) < 4.78 is 25.2. The van der Waals surface area contributed by atoms with Crippen LogP contribution in [0.2, 0.25) is 0 Å². The molecule has 122 valence electrons. The number of benzene rings is 1. The van der Waals surface area contributed by atoms with Crippen molar-refractivity contribution in [1.82, 2.24) is 9.71 Å². The van der Waals surface area contributed by atoms with Gasteiger partial charge in [-0.05, 0) is 24.2 Å². The molecule has 0 aliphatic carbocycles. The Bertz CT molecular complexity index is 773. The molecule has 0 aliphatic rings. The quantitative estimate of drug-likeness (QED) is 0.587. The number of nitrogens with zero attached hydrogens (tertiary/aromatic N) is 2. The Morgan fingerprint density at radius 2 is 1.78 bits per heavy atom. The average Bonchev–Trinajstić information content (AvgIpc) is 2.54. The summed E-state index contributed by atoms with van der Waals surface area (Å²) in [4.78, 5) is 14.0. The summed E-state index contributed by atoms with van der Waals surface area (Å²) in [5.41, 5.74) is 1.57. The monoisotopic (exact) mass is 336 g/mol. The van der Waals surface area contributed by atoms with E-state index in [2.05, 4.69) is 15.0 Å². The first-order valence-electron chi connectivity index (χ1n) is 6.73. The van der Waals surface area contributed by atoms with Crippen LogP contribution in [0.25, 0.3) is 0 Å². The number of anilines is 1. The second kappa shape index (κ2) is 7.16. The fraction of sp³-hybridized carbons (Fsp3) is 0.214. The SMILES string of the molecule is CNS(=O)(=O)Cc1ccc(CNc2ccc([N+](=O)[O-])cn2)cc1. The summed E-state index contributed by atoms with van der Waals surface area (Å²) in [5.74, 6) is 0.457. The summed E-state index contributed by atoms with van der Waals surface area (Å²) in [5, 5.41) is 13.6. The largest absolute Gasteiger partial charge is 0.366 e. The third-order valence-corrected chi connectivity index (χ3v) is 4.46. The lowest BCUT2D eigenvalue weighted by Crippen LogP contribution is -2.20. The van der Waals surface area contributed by atoms with Crippen molar-refractivity contribution in [1.29, 1.82) is 0 Å². The molecule has 0 unspecified atom stereocenters. The lowest BCUT2D eigenvalue weighted by Gasteiger charge is -2.07. The van der Waals surface area contributed by atoms with Gasteiger partial charge in [0, 0.05) is 12.6 Å². The van der Waals surface area contributed by atoms with Crippen molar-refractivity contribution in [2.75, 3.05) is 12.4 Å². The highest BCUT2D eigenvalue weighted by Crippen LogP contribution is 2.13. The van der Waals surface area contributed by atoms with Crippen molar-refractivity contribution in [2.24, 2.45) is 0 Å². The zero-order valence-electron chi connectivity index (χ0n) is 12.4. The lowest BCUT2D eigenvalue weighted by molar-refractivity contribution is -0.385. The molecule has 0 saturated heterocycles. The van der Waals surface area contributed by atoms with Crippen LogP contribution in [0.15, 0.2) is 42.6 Å². The van der Waals surface area contributed by atoms with Crippen molar-refractivity contribution in [3.63, 3.8) is 0 Å². The maximum atomic E-state index is 11.5. The van der Waals surface area contributed by atoms with Crippen LogP contribution in [0.5, 0.6) is 0 Å². The number of pyridine rings is 1. The molecule has 0 atom stereocenters. The Balaban J connectivity index is 1.95. The van der Waals surface area contributed by atoms with Crippen LogP contribution >= 0.6 is 0 Å². The Labute approximate surface area is 133 Å². The van der Waals surface area contributed by atoms with E-state index in [0.717, 1.165) is 5.56 Å². The highest BCUT2D eigenvalue weighted by atomic mass is 32.2. The highest BCUT2D eigenvalue weighted by Gasteiger charge is 2.08. The molecule has 0 amide bonds. The van der Waals surface area contributed by atoms with Gasteiger partial charge in [0.25, 0.3) is 5.69 Å². The number of hydrogen-bond acceptors (Lipinski definition) is 6. The number of nitro groups is 1. The van der Waals surface area contributed by atoms with Gasteiger partial charge in [-0.25, -0.2) is 18.1 Å². The van der Waals surface area contributed by atoms with E-state index in [-0.39, 0.29) is 11.4 Å². The Hall–Kier alpha value is -2.52. The molecule has 1 aromatic carbocycles. The molecular formula is C14H16N4O4S. The zero-order valence-corrected chi connectivity index (χ0v) is 13.2. The van der Waals surface area contributed by atoms with Crippen LogP contribution in [0, 0.1) is 10.1 Å². The number of aromatic nitrogens is 1. The maximum absolute atomic E-state index is 11.5. The van der Waals surface area contributed by atoms with Crippen molar-refractivity contribution in [2.45, 2.75) is 12.3 Å². The van der Waals surface area contributed by atoms with Crippen molar-refractivity contribution < 1.29 is 13.3 Å². The van der Waals surface area contributed by atoms with E-state index in [4.69, 9.17) is 0 Å². The second-order valence-electron chi connectivity index (χ2n) is 4.79. The standard InChI is InChI=1S/C14H16N4O4S/c1-15-23(21,22)10-12-4-2-11(3-5-12)8-16-14-7-6-13(9-17-14)18(19)20/h2-7,9,15H,8,10H2,1H3,(H,16,17). The van der Waals surface area contributed by atoms with E-state index in [9.17, 15) is 18.5 Å². The van der Waals surface area contributed by atoms with Gasteiger partial charge in [-0.2, -0.15) is 0 Å². The number of hydrogen-bond donors (Lipinski definition) is 2. The molecule has 0 fully saturated rings. The van der Waals surface area contributed by atoms with Gasteiger partial charge < -0.3 is 5.32 Å². The van der Waals surface area contributed by atoms with E-state index >= 15 is 0 Å². The molecule has 2 aromatic rings. The summed E-state index contributed by atoms with van der Waals surface area (Å²) in [6.45, 7) is 0.476. The molecule has 2 N–H and O–H groups in total. The van der Waals surface area contributed by atoms with Crippen LogP contribution in [-0.2, 0) is 22.3 Å². The predicted molar refractivity (Wildman–Crippen MR) is 86.3 cm³/mol. The van der Waals surface area contributed by atoms with Gasteiger partial charge >= 0.3 is 0 Å². The first-order chi connectivity index (χ1) is 10.9. The summed E-state index contributed by atoms with van der Waals surface area (Å²) >= 11 is 0. The fourth-order valence-corrected chi connectivity index (χ4v) is 2.61. The zero-order chi connectivity index (χ0) is 16.9. The third-order valence-electron chi connectivity index (χ3n) is 3.12. The fourth-order valence-electron chi connectivity index (χ4n) is 1.84. The number of nitrogens with one attached hydrogen (secondary N) is 2. The maximum Gasteiger partial charge on any atom is 0.287 e. The Kier molecular flexibility index (Phi) is 5.24. The summed E-state index contributed by atoms with van der Waals surface area (Å²) in [6, 6.07) is 10.0. The minimum absolute atomic E-state index is 0.0642. The van der Waals surface area contributed by atoms with Gasteiger partial charge in [0.15, 0.2) is 0 Å². The first kappa shape index (κ1) is 16.8. The molecule has 1 heterocycles. The molecule has 8 nitrogen and oxygen atoms in total. The molecule has 1 aromatic heterocycles. The third kappa shape index (κ3) is 5.01. The van der Waals surface area contributed by atoms with E-state index in [1.54, 1.807) is 12.1 Å². The van der Waals surface area contributed by atoms with Gasteiger partial charge in [0.1, 0.15) is 12.0 Å². The average molecular weight is 336 g/mol. The second-order valence-corrected chi connectivity index (χ2v) is 6.72. The summed E-state index contributed by atoms with van der Waals surface area (Å²) in [7, 11) is -1.90. The Morgan fingerprint density at radius 3 is 2.30 bits per heavy atom. The highest BCUT2D eigenvalue weighted by molar-refractivity contribution is 7.88. The van der Waals surface area contributed by atoms with Gasteiger partial charge in [0.2, 0.25) is 10.0 Å². The lowest BCUT2D eigenvalue weighted by atomic mass is 10.1. The molecule has 9 heteroatoms. The van der Waals surface area contributed by atoms with Crippen LogP contribution in [0.1, 0.15) is 11.1 Å². The normalized spacial score (nSPS) is 11.2. The Morgan fingerprint density at radius 1 is 1.13 bits per heavy atom. The molecule has 0 spiro atoms. The first-order valence-corrected chi connectivity index (χ1v) is 8.38. The molecule has 23 heavy (non-hydrogen) atoms. The van der Waals surface area contributed by atoms with E-state index in [1.165, 1.54) is 25.4 Å². The molecule has 0 saturated carbocycles. The minimum atomic E-state index is -3.28. The molecule has 0 aliphatic heterocycles. The van der Waals surface area contributed by atoms with Gasteiger partial charge in [-0.3, -0.25) is 10.1 Å². The van der Waals surface area contributed by atoms with Crippen LogP contribution in [0.4, 0.5) is 11.5 Å². The van der Waals surface area contributed by atoms with Crippen molar-refractivity contribution in [3.05, 3.63) is 63.8 Å². The summed E-state index contributed by atoms with van der Waals surface area (Å²) in [6.07, 6.45) is 1.19. The van der Waals surface area contributed by atoms with Crippen LogP contribution in [-0.4, -0.2) is 25.4 Å². The molecule has 0 radical (unpaired) electrons. The number of sulfonamides is 1. The van der Waals surface area contributed by atoms with Crippen molar-refractivity contribution >= 4 is 21.5 Å². The van der Waals surface area contributed by atoms with Gasteiger partial charge in [-0.1, -0.05) is 24.3 Å². The van der Waals surface area contributed by atoms with Crippen LogP contribution < -0.4 is 10.0 Å². The van der Waals surface area contributed by atoms with E-state index in [1.807, 2.05) is 12.1 Å². The molecular weight excluding hydrogens is 320 g/mol. The van der Waals surface area contributed by atoms with E-state index < -0.39 is 14.9 Å². The topological polar surface area (TPSA) is 114 Å². The van der Waals surface area contributed by atoms with Crippen molar-refractivity contribution in [3.8, 4) is 0 Å². The smallest absolute Gasteiger partial charge is 0.287 e. The van der Waals surface area contributed by atoms with Gasteiger partial charge in [0.05, 0.1) is 10.7 Å². The number of rotatable bonds is 7.